The first kappa shape index (κ1) is 43.4. The Morgan fingerprint density at radius 1 is 0.696 bits per heavy atom. The maximum absolute atomic E-state index is 11.0. The lowest BCUT2D eigenvalue weighted by Gasteiger charge is -2.12. The van der Waals surface area contributed by atoms with Crippen LogP contribution in [0.5, 0.6) is 23.0 Å². The highest BCUT2D eigenvalue weighted by Gasteiger charge is 2.24. The van der Waals surface area contributed by atoms with Crippen LogP contribution in [-0.4, -0.2) is 79.4 Å². The standard InChI is InChI=1S/C11H15NO3.C11H13NO2.C10H10INO2.C10H11NO2/c1-15-10-4-2-8(3-5-10)9(7-12)6-11(13)14;1-14-10-4-2-8(3-5-10)9-6-11(13)12-7-9;11-8-3-6(1-2-9(8)13)7-4-10(14)12-5-7;12-9-3-1-7(2-4-9)8-5-10(13)11-6-8/h2-5,9H,6-7,12H2,1H3,(H,13,14);2-5,9H,6-7H2,1H3,(H,12,13);1-3,7,13H,4-5H2,(H,12,14);1-4,8,12H,5-6H2,(H,11,13). The second-order valence-corrected chi connectivity index (χ2v) is 14.7. The fraction of sp³-hybridized carbons (Fsp3) is 0.333. The summed E-state index contributed by atoms with van der Waals surface area (Å²) in [6.07, 6.45) is 1.78. The van der Waals surface area contributed by atoms with Gasteiger partial charge in [-0.1, -0.05) is 42.5 Å². The van der Waals surface area contributed by atoms with E-state index in [9.17, 15) is 24.3 Å². The van der Waals surface area contributed by atoms with Crippen LogP contribution in [0.25, 0.3) is 0 Å². The number of carboxylic acid groups (broad SMARTS) is 1. The van der Waals surface area contributed by atoms with Crippen molar-refractivity contribution in [2.75, 3.05) is 40.4 Å². The van der Waals surface area contributed by atoms with Crippen molar-refractivity contribution < 1.29 is 44.0 Å². The van der Waals surface area contributed by atoms with Crippen molar-refractivity contribution >= 4 is 46.3 Å². The minimum absolute atomic E-state index is 0.0584. The maximum Gasteiger partial charge on any atom is 0.304 e. The Kier molecular flexibility index (Phi) is 16.8. The highest BCUT2D eigenvalue weighted by Crippen LogP contribution is 2.29. The molecule has 0 radical (unpaired) electrons. The van der Waals surface area contributed by atoms with E-state index in [1.54, 1.807) is 44.6 Å². The minimum Gasteiger partial charge on any atom is -0.508 e. The molecular formula is C42H49IN4O9. The zero-order chi connectivity index (χ0) is 40.6. The van der Waals surface area contributed by atoms with Gasteiger partial charge in [-0.05, 0) is 99.9 Å². The van der Waals surface area contributed by atoms with E-state index in [1.807, 2.05) is 60.7 Å². The first-order chi connectivity index (χ1) is 26.9. The summed E-state index contributed by atoms with van der Waals surface area (Å²) in [6, 6.07) is 27.7. The Balaban J connectivity index is 0.000000166. The predicted octanol–water partition coefficient (Wildman–Crippen LogP) is 5.11. The molecule has 4 unspecified atom stereocenters. The van der Waals surface area contributed by atoms with Crippen molar-refractivity contribution in [1.29, 1.82) is 0 Å². The molecule has 14 heteroatoms. The molecule has 3 aliphatic heterocycles. The largest absolute Gasteiger partial charge is 0.508 e. The number of aromatic hydroxyl groups is 2. The fourth-order valence-electron chi connectivity index (χ4n) is 6.35. The van der Waals surface area contributed by atoms with Gasteiger partial charge in [0, 0.05) is 62.6 Å². The second-order valence-electron chi connectivity index (χ2n) is 13.5. The lowest BCUT2D eigenvalue weighted by Crippen LogP contribution is -2.16. The summed E-state index contributed by atoms with van der Waals surface area (Å²) >= 11 is 2.09. The van der Waals surface area contributed by atoms with Gasteiger partial charge in [0.05, 0.1) is 24.2 Å². The summed E-state index contributed by atoms with van der Waals surface area (Å²) < 4.78 is 10.9. The number of carbonyl (C=O) groups excluding carboxylic acids is 3. The molecule has 0 aromatic heterocycles. The van der Waals surface area contributed by atoms with E-state index in [1.165, 1.54) is 5.56 Å². The minimum atomic E-state index is -0.832. The molecular weight excluding hydrogens is 831 g/mol. The van der Waals surface area contributed by atoms with Crippen molar-refractivity contribution in [3.8, 4) is 23.0 Å². The second kappa shape index (κ2) is 21.7. The van der Waals surface area contributed by atoms with E-state index < -0.39 is 5.97 Å². The van der Waals surface area contributed by atoms with Crippen molar-refractivity contribution in [3.63, 3.8) is 0 Å². The third kappa shape index (κ3) is 13.4. The number of nitrogens with two attached hydrogens (primary N) is 1. The van der Waals surface area contributed by atoms with Gasteiger partial charge in [-0.3, -0.25) is 19.2 Å². The smallest absolute Gasteiger partial charge is 0.304 e. The van der Waals surface area contributed by atoms with Crippen molar-refractivity contribution in [2.24, 2.45) is 5.73 Å². The molecule has 4 atom stereocenters. The van der Waals surface area contributed by atoms with Gasteiger partial charge < -0.3 is 46.5 Å². The number of hydrogen-bond acceptors (Lipinski definition) is 9. The van der Waals surface area contributed by atoms with Gasteiger partial charge in [0.15, 0.2) is 0 Å². The molecule has 3 saturated heterocycles. The Hall–Kier alpha value is -5.35. The van der Waals surface area contributed by atoms with Gasteiger partial charge in [0.2, 0.25) is 17.7 Å². The van der Waals surface area contributed by atoms with Gasteiger partial charge >= 0.3 is 5.97 Å². The molecule has 3 fully saturated rings. The fourth-order valence-corrected chi connectivity index (χ4v) is 6.89. The molecule has 0 saturated carbocycles. The Labute approximate surface area is 340 Å². The van der Waals surface area contributed by atoms with Crippen LogP contribution in [-0.2, 0) is 19.2 Å². The number of benzene rings is 4. The number of carboxylic acids is 1. The predicted molar refractivity (Wildman–Crippen MR) is 220 cm³/mol. The number of amides is 3. The van der Waals surface area contributed by atoms with Crippen LogP contribution in [0.4, 0.5) is 0 Å². The van der Waals surface area contributed by atoms with E-state index in [4.69, 9.17) is 25.4 Å². The van der Waals surface area contributed by atoms with E-state index in [-0.39, 0.29) is 47.6 Å². The number of ether oxygens (including phenoxy) is 2. The van der Waals surface area contributed by atoms with Gasteiger partial charge in [0.25, 0.3) is 0 Å². The molecule has 3 aliphatic rings. The number of methoxy groups -OCH3 is 2. The molecule has 13 nitrogen and oxygen atoms in total. The highest BCUT2D eigenvalue weighted by molar-refractivity contribution is 14.1. The third-order valence-electron chi connectivity index (χ3n) is 9.62. The molecule has 4 aromatic rings. The summed E-state index contributed by atoms with van der Waals surface area (Å²) in [6.45, 7) is 2.51. The summed E-state index contributed by atoms with van der Waals surface area (Å²) in [5.41, 5.74) is 9.88. The van der Waals surface area contributed by atoms with Gasteiger partial charge in [0.1, 0.15) is 23.0 Å². The van der Waals surface area contributed by atoms with Crippen LogP contribution >= 0.6 is 22.6 Å². The van der Waals surface area contributed by atoms with Crippen molar-refractivity contribution in [1.82, 2.24) is 16.0 Å². The average molecular weight is 881 g/mol. The third-order valence-corrected chi connectivity index (χ3v) is 10.5. The first-order valence-electron chi connectivity index (χ1n) is 18.2. The number of carbonyl (C=O) groups is 4. The Morgan fingerprint density at radius 3 is 1.48 bits per heavy atom. The van der Waals surface area contributed by atoms with Crippen molar-refractivity contribution in [3.05, 3.63) is 117 Å². The Morgan fingerprint density at radius 2 is 1.11 bits per heavy atom. The summed E-state index contributed by atoms with van der Waals surface area (Å²) in [5, 5.41) is 35.5. The van der Waals surface area contributed by atoms with E-state index in [0.29, 0.717) is 50.6 Å². The topological polar surface area (TPSA) is 210 Å². The zero-order valence-electron chi connectivity index (χ0n) is 31.4. The number of aliphatic carboxylic acids is 1. The van der Waals surface area contributed by atoms with Crippen molar-refractivity contribution in [2.45, 2.75) is 49.4 Å². The van der Waals surface area contributed by atoms with Crippen LogP contribution in [0.15, 0.2) is 91.0 Å². The molecule has 3 amide bonds. The molecule has 56 heavy (non-hydrogen) atoms. The molecule has 4 aromatic carbocycles. The summed E-state index contributed by atoms with van der Waals surface area (Å²) in [7, 11) is 3.24. The van der Waals surface area contributed by atoms with Gasteiger partial charge in [-0.25, -0.2) is 0 Å². The highest BCUT2D eigenvalue weighted by atomic mass is 127. The number of phenolic OH excluding ortho intramolecular Hbond substituents is 2. The normalized spacial score (nSPS) is 18.6. The van der Waals surface area contributed by atoms with Crippen LogP contribution < -0.4 is 31.2 Å². The lowest BCUT2D eigenvalue weighted by molar-refractivity contribution is -0.137. The first-order valence-corrected chi connectivity index (χ1v) is 19.2. The lowest BCUT2D eigenvalue weighted by atomic mass is 9.96. The zero-order valence-corrected chi connectivity index (χ0v) is 33.5. The molecule has 8 N–H and O–H groups in total. The maximum atomic E-state index is 11.0. The molecule has 0 spiro atoms. The quantitative estimate of drug-likeness (QED) is 0.111. The van der Waals surface area contributed by atoms with Crippen LogP contribution in [0, 0.1) is 3.57 Å². The van der Waals surface area contributed by atoms with Crippen LogP contribution in [0.3, 0.4) is 0 Å². The number of hydrogen-bond donors (Lipinski definition) is 7. The van der Waals surface area contributed by atoms with Crippen LogP contribution in [0.1, 0.15) is 71.6 Å². The average Bonchev–Trinajstić information content (AvgIpc) is 3.97. The van der Waals surface area contributed by atoms with E-state index in [2.05, 4.69) is 38.5 Å². The molecule has 0 aliphatic carbocycles. The SMILES string of the molecule is COc1ccc(C(CN)CC(=O)O)cc1.COc1ccc(C2CNC(=O)C2)cc1.O=C1CC(c2ccc(O)c(I)c2)CN1.O=C1CC(c2ccc(O)cc2)CN1. The van der Waals surface area contributed by atoms with E-state index >= 15 is 0 Å². The number of nitrogens with one attached hydrogen (secondary N) is 3. The summed E-state index contributed by atoms with van der Waals surface area (Å²) in [5.74, 6) is 2.43. The van der Waals surface area contributed by atoms with E-state index in [0.717, 1.165) is 38.3 Å². The van der Waals surface area contributed by atoms with Gasteiger partial charge in [-0.2, -0.15) is 0 Å². The number of phenols is 2. The number of halogens is 1. The van der Waals surface area contributed by atoms with Gasteiger partial charge in [-0.15, -0.1) is 0 Å². The Bertz CT molecular complexity index is 1910. The molecule has 3 heterocycles. The number of rotatable bonds is 9. The van der Waals surface area contributed by atoms with Crippen LogP contribution in [0.2, 0.25) is 0 Å². The molecule has 7 rings (SSSR count). The molecule has 298 valence electrons. The molecule has 0 bridgehead atoms. The monoisotopic (exact) mass is 880 g/mol. The summed E-state index contributed by atoms with van der Waals surface area (Å²) in [4.78, 5) is 43.5.